The molecule has 3 aromatic carbocycles. The second kappa shape index (κ2) is 11.0. The first-order chi connectivity index (χ1) is 18.5. The summed E-state index contributed by atoms with van der Waals surface area (Å²) in [6.07, 6.45) is 4.56. The number of rotatable bonds is 8. The molecule has 0 amide bonds. The molecule has 0 bridgehead atoms. The van der Waals surface area contributed by atoms with E-state index < -0.39 is 0 Å². The molecule has 0 aliphatic carbocycles. The molecule has 6 rings (SSSR count). The number of ether oxygens (including phenoxy) is 2. The zero-order valence-corrected chi connectivity index (χ0v) is 22.5. The van der Waals surface area contributed by atoms with Crippen molar-refractivity contribution < 1.29 is 13.9 Å². The summed E-state index contributed by atoms with van der Waals surface area (Å²) < 4.78 is 28.5. The van der Waals surface area contributed by atoms with Crippen LogP contribution in [0.4, 0.5) is 10.1 Å². The number of halogens is 2. The van der Waals surface area contributed by atoms with Gasteiger partial charge in [0.25, 0.3) is 0 Å². The van der Waals surface area contributed by atoms with Crippen molar-refractivity contribution in [2.45, 2.75) is 51.9 Å². The number of hydrogen-bond acceptors (Lipinski definition) is 4. The van der Waals surface area contributed by atoms with Crippen LogP contribution >= 0.6 is 11.6 Å². The minimum atomic E-state index is -0.346. The highest BCUT2D eigenvalue weighted by molar-refractivity contribution is 6.30. The monoisotopic (exact) mass is 533 g/mol. The van der Waals surface area contributed by atoms with E-state index in [1.54, 1.807) is 12.1 Å². The second-order valence-electron chi connectivity index (χ2n) is 10.5. The van der Waals surface area contributed by atoms with E-state index in [0.29, 0.717) is 22.6 Å². The minimum Gasteiger partial charge on any atom is -0.487 e. The van der Waals surface area contributed by atoms with Crippen LogP contribution in [0.25, 0.3) is 11.0 Å². The van der Waals surface area contributed by atoms with Gasteiger partial charge in [-0.1, -0.05) is 35.9 Å². The van der Waals surface area contributed by atoms with Crippen LogP contribution in [0.2, 0.25) is 5.02 Å². The molecule has 0 radical (unpaired) electrons. The van der Waals surface area contributed by atoms with Crippen LogP contribution in [0.3, 0.4) is 0 Å². The molecule has 7 heteroatoms. The molecule has 5 nitrogen and oxygen atoms in total. The van der Waals surface area contributed by atoms with E-state index in [2.05, 4.69) is 40.7 Å². The predicted octanol–water partition coefficient (Wildman–Crippen LogP) is 6.96. The maximum Gasteiger partial charge on any atom is 0.143 e. The summed E-state index contributed by atoms with van der Waals surface area (Å²) in [5.41, 5.74) is 5.10. The van der Waals surface area contributed by atoms with Gasteiger partial charge in [0.2, 0.25) is 0 Å². The molecule has 2 fully saturated rings. The van der Waals surface area contributed by atoms with Gasteiger partial charge in [0, 0.05) is 36.7 Å². The maximum atomic E-state index is 14.3. The van der Waals surface area contributed by atoms with E-state index in [1.807, 2.05) is 18.2 Å². The molecule has 0 spiro atoms. The van der Waals surface area contributed by atoms with Crippen molar-refractivity contribution in [1.82, 2.24) is 9.55 Å². The van der Waals surface area contributed by atoms with Crippen molar-refractivity contribution in [2.75, 3.05) is 24.6 Å². The third kappa shape index (κ3) is 5.38. The van der Waals surface area contributed by atoms with Crippen LogP contribution in [0.1, 0.15) is 36.2 Å². The second-order valence-corrected chi connectivity index (χ2v) is 11.0. The number of para-hydroxylation sites is 2. The topological polar surface area (TPSA) is 39.5 Å². The molecule has 1 atom stereocenters. The first kappa shape index (κ1) is 25.2. The SMILES string of the molecule is Cc1ccc2nc(CC3CCN(c4ccccc4OCc4ccc(Cl)cc4F)CC3)n(C[C@@H]3CCO3)c2c1. The lowest BCUT2D eigenvalue weighted by Gasteiger charge is -2.34. The fourth-order valence-electron chi connectivity index (χ4n) is 5.55. The van der Waals surface area contributed by atoms with Gasteiger partial charge >= 0.3 is 0 Å². The molecule has 38 heavy (non-hydrogen) atoms. The Balaban J connectivity index is 1.12. The molecule has 4 aromatic rings. The zero-order valence-electron chi connectivity index (χ0n) is 21.7. The van der Waals surface area contributed by atoms with Crippen molar-refractivity contribution in [3.8, 4) is 5.75 Å². The lowest BCUT2D eigenvalue weighted by atomic mass is 9.92. The smallest absolute Gasteiger partial charge is 0.143 e. The third-order valence-electron chi connectivity index (χ3n) is 7.85. The first-order valence-corrected chi connectivity index (χ1v) is 13.9. The number of anilines is 1. The highest BCUT2D eigenvalue weighted by atomic mass is 35.5. The quantitative estimate of drug-likeness (QED) is 0.245. The molecule has 0 saturated carbocycles. The van der Waals surface area contributed by atoms with Gasteiger partial charge in [0.1, 0.15) is 24.0 Å². The molecule has 1 aromatic heterocycles. The predicted molar refractivity (Wildman–Crippen MR) is 150 cm³/mol. The fourth-order valence-corrected chi connectivity index (χ4v) is 5.70. The van der Waals surface area contributed by atoms with Crippen molar-refractivity contribution in [1.29, 1.82) is 0 Å². The lowest BCUT2D eigenvalue weighted by molar-refractivity contribution is -0.0590. The normalized spacial score (nSPS) is 18.1. The van der Waals surface area contributed by atoms with Gasteiger partial charge in [-0.15, -0.1) is 0 Å². The number of benzene rings is 3. The number of hydrogen-bond donors (Lipinski definition) is 0. The number of aromatic nitrogens is 2. The molecule has 3 heterocycles. The standard InChI is InChI=1S/C31H33ClFN3O2/c1-21-6-9-27-29(16-21)36(19-25-12-15-37-25)31(34-27)17-22-10-13-35(14-11-22)28-4-2-3-5-30(28)38-20-23-7-8-24(32)18-26(23)33/h2-9,16,18,22,25H,10-15,17,19-20H2,1H3/t25-/m0/s1. The first-order valence-electron chi connectivity index (χ1n) is 13.5. The lowest BCUT2D eigenvalue weighted by Crippen LogP contribution is -2.35. The molecule has 198 valence electrons. The summed E-state index contributed by atoms with van der Waals surface area (Å²) >= 11 is 5.89. The highest BCUT2D eigenvalue weighted by Gasteiger charge is 2.26. The molecule has 2 saturated heterocycles. The van der Waals surface area contributed by atoms with Gasteiger partial charge in [-0.05, 0) is 74.1 Å². The van der Waals surface area contributed by atoms with Crippen LogP contribution in [0.5, 0.6) is 5.75 Å². The average Bonchev–Trinajstić information content (AvgIpc) is 3.22. The number of imidazole rings is 1. The largest absolute Gasteiger partial charge is 0.487 e. The Bertz CT molecular complexity index is 1430. The van der Waals surface area contributed by atoms with Crippen LogP contribution < -0.4 is 9.64 Å². The summed E-state index contributed by atoms with van der Waals surface area (Å²) in [4.78, 5) is 7.44. The van der Waals surface area contributed by atoms with E-state index >= 15 is 0 Å². The Morgan fingerprint density at radius 1 is 1.05 bits per heavy atom. The van der Waals surface area contributed by atoms with E-state index in [1.165, 1.54) is 23.0 Å². The van der Waals surface area contributed by atoms with Crippen molar-refractivity contribution in [3.63, 3.8) is 0 Å². The third-order valence-corrected chi connectivity index (χ3v) is 8.09. The van der Waals surface area contributed by atoms with Gasteiger partial charge in [0.15, 0.2) is 0 Å². The summed E-state index contributed by atoms with van der Waals surface area (Å²) in [7, 11) is 0. The number of fused-ring (bicyclic) bond motifs is 1. The Kier molecular flexibility index (Phi) is 7.26. The number of aryl methyl sites for hydroxylation is 1. The molecule has 0 N–H and O–H groups in total. The molecule has 2 aliphatic rings. The molecular formula is C31H33ClFN3O2. The van der Waals surface area contributed by atoms with Gasteiger partial charge in [0.05, 0.1) is 29.4 Å². The summed E-state index contributed by atoms with van der Waals surface area (Å²) in [6, 6.07) is 19.3. The van der Waals surface area contributed by atoms with Crippen LogP contribution in [0.15, 0.2) is 60.7 Å². The highest BCUT2D eigenvalue weighted by Crippen LogP contribution is 2.34. The van der Waals surface area contributed by atoms with Crippen LogP contribution in [-0.2, 0) is 24.3 Å². The van der Waals surface area contributed by atoms with Crippen molar-refractivity contribution >= 4 is 28.3 Å². The van der Waals surface area contributed by atoms with Gasteiger partial charge in [-0.25, -0.2) is 9.37 Å². The van der Waals surface area contributed by atoms with Crippen LogP contribution in [-0.4, -0.2) is 35.4 Å². The molecule has 0 unspecified atom stereocenters. The fraction of sp³-hybridized carbons (Fsp3) is 0.387. The van der Waals surface area contributed by atoms with E-state index in [4.69, 9.17) is 26.1 Å². The summed E-state index contributed by atoms with van der Waals surface area (Å²) in [6.45, 7) is 5.95. The van der Waals surface area contributed by atoms with E-state index in [9.17, 15) is 4.39 Å². The van der Waals surface area contributed by atoms with Gasteiger partial charge in [-0.2, -0.15) is 0 Å². The minimum absolute atomic E-state index is 0.164. The Morgan fingerprint density at radius 2 is 1.87 bits per heavy atom. The number of nitrogens with zero attached hydrogens (tertiary/aromatic N) is 3. The average molecular weight is 534 g/mol. The Morgan fingerprint density at radius 3 is 2.63 bits per heavy atom. The van der Waals surface area contributed by atoms with E-state index in [0.717, 1.165) is 68.9 Å². The Labute approximate surface area is 228 Å². The van der Waals surface area contributed by atoms with Gasteiger partial charge < -0.3 is 18.9 Å². The Hall–Kier alpha value is -3.09. The molecule has 2 aliphatic heterocycles. The van der Waals surface area contributed by atoms with Crippen molar-refractivity contribution in [3.05, 3.63) is 88.5 Å². The maximum absolute atomic E-state index is 14.3. The summed E-state index contributed by atoms with van der Waals surface area (Å²) in [5, 5.41) is 0.386. The van der Waals surface area contributed by atoms with Gasteiger partial charge in [-0.3, -0.25) is 0 Å². The van der Waals surface area contributed by atoms with Crippen molar-refractivity contribution in [2.24, 2.45) is 5.92 Å². The summed E-state index contributed by atoms with van der Waals surface area (Å²) in [5.74, 6) is 2.17. The van der Waals surface area contributed by atoms with Crippen LogP contribution in [0, 0.1) is 18.7 Å². The number of piperidine rings is 1. The zero-order chi connectivity index (χ0) is 26.1. The van der Waals surface area contributed by atoms with E-state index in [-0.39, 0.29) is 12.4 Å². The molecular weight excluding hydrogens is 501 g/mol.